The molecule has 190 valence electrons. The fourth-order valence-corrected chi connectivity index (χ4v) is 4.02. The van der Waals surface area contributed by atoms with Crippen LogP contribution < -0.4 is 15.4 Å². The average molecular weight is 487 g/mol. The van der Waals surface area contributed by atoms with Gasteiger partial charge in [0.15, 0.2) is 0 Å². The van der Waals surface area contributed by atoms with E-state index in [9.17, 15) is 14.9 Å². The maximum atomic E-state index is 12.4. The second-order valence-electron chi connectivity index (χ2n) is 8.49. The number of nitro groups is 1. The molecule has 0 aliphatic carbocycles. The monoisotopic (exact) mass is 486 g/mol. The van der Waals surface area contributed by atoms with E-state index in [1.54, 1.807) is 6.92 Å². The van der Waals surface area contributed by atoms with Crippen molar-refractivity contribution in [2.45, 2.75) is 52.6 Å². The number of aromatic nitrogens is 2. The zero-order valence-corrected chi connectivity index (χ0v) is 20.4. The van der Waals surface area contributed by atoms with Gasteiger partial charge in [0.05, 0.1) is 18.1 Å². The summed E-state index contributed by atoms with van der Waals surface area (Å²) in [5.41, 5.74) is 7.50. The molecular weight excluding hydrogens is 452 g/mol. The molecule has 2 heterocycles. The Kier molecular flexibility index (Phi) is 9.59. The zero-order chi connectivity index (χ0) is 25.2. The minimum Gasteiger partial charge on any atom is -0.465 e. The number of nitrogen functional groups attached to an aromatic ring is 1. The quantitative estimate of drug-likeness (QED) is 0.194. The second-order valence-corrected chi connectivity index (χ2v) is 8.49. The Morgan fingerprint density at radius 1 is 1.23 bits per heavy atom. The average Bonchev–Trinajstić information content (AvgIpc) is 3.31. The summed E-state index contributed by atoms with van der Waals surface area (Å²) >= 11 is 0. The fourth-order valence-electron chi connectivity index (χ4n) is 4.02. The molecule has 0 bridgehead atoms. The summed E-state index contributed by atoms with van der Waals surface area (Å²) in [5, 5.41) is 11.9. The van der Waals surface area contributed by atoms with Crippen molar-refractivity contribution >= 4 is 23.3 Å². The van der Waals surface area contributed by atoms with Crippen LogP contribution in [0.4, 0.5) is 17.3 Å². The number of ether oxygens (including phenoxy) is 2. The summed E-state index contributed by atoms with van der Waals surface area (Å²) < 4.78 is 10.7. The van der Waals surface area contributed by atoms with Gasteiger partial charge < -0.3 is 20.1 Å². The Morgan fingerprint density at radius 3 is 2.66 bits per heavy atom. The number of anilines is 2. The van der Waals surface area contributed by atoms with Crippen LogP contribution in [0.2, 0.25) is 0 Å². The van der Waals surface area contributed by atoms with Gasteiger partial charge in [-0.3, -0.25) is 19.8 Å². The third kappa shape index (κ3) is 7.51. The number of rotatable bonds is 13. The van der Waals surface area contributed by atoms with E-state index in [1.807, 2.05) is 25.1 Å². The number of nitrogens with zero attached hydrogens (tertiary/aromatic N) is 5. The van der Waals surface area contributed by atoms with Gasteiger partial charge in [0.2, 0.25) is 11.6 Å². The Balaban J connectivity index is 1.94. The van der Waals surface area contributed by atoms with Crippen LogP contribution in [0.5, 0.6) is 6.01 Å². The molecule has 0 radical (unpaired) electrons. The SMILES string of the molecule is CCCCOc1nc(N)c([N+](=O)[O-])c(N(CC(=O)OCC)Cc2cccc(CN3CCCC3)c2)n1. The molecule has 11 heteroatoms. The first-order valence-electron chi connectivity index (χ1n) is 12.1. The Morgan fingerprint density at radius 2 is 1.97 bits per heavy atom. The van der Waals surface area contributed by atoms with Crippen molar-refractivity contribution in [2.24, 2.45) is 0 Å². The summed E-state index contributed by atoms with van der Waals surface area (Å²) in [7, 11) is 0. The lowest BCUT2D eigenvalue weighted by molar-refractivity contribution is -0.383. The van der Waals surface area contributed by atoms with Gasteiger partial charge in [-0.1, -0.05) is 37.6 Å². The van der Waals surface area contributed by atoms with E-state index in [4.69, 9.17) is 15.2 Å². The molecule has 1 aliphatic heterocycles. The number of hydrogen-bond acceptors (Lipinski definition) is 10. The molecular formula is C24H34N6O5. The first kappa shape index (κ1) is 26.1. The molecule has 1 saturated heterocycles. The number of carbonyl (C=O) groups is 1. The van der Waals surface area contributed by atoms with Crippen LogP contribution >= 0.6 is 0 Å². The molecule has 0 amide bonds. The fraction of sp³-hybridized carbons (Fsp3) is 0.542. The minimum absolute atomic E-state index is 0.0619. The van der Waals surface area contributed by atoms with Gasteiger partial charge in [-0.25, -0.2) is 0 Å². The summed E-state index contributed by atoms with van der Waals surface area (Å²) in [4.78, 5) is 35.8. The van der Waals surface area contributed by atoms with Gasteiger partial charge in [-0.15, -0.1) is 0 Å². The van der Waals surface area contributed by atoms with Gasteiger partial charge in [0.25, 0.3) is 0 Å². The Labute approximate surface area is 205 Å². The Hall–Kier alpha value is -3.47. The van der Waals surface area contributed by atoms with Crippen molar-refractivity contribution in [3.8, 4) is 6.01 Å². The first-order valence-corrected chi connectivity index (χ1v) is 12.1. The molecule has 3 rings (SSSR count). The molecule has 0 spiro atoms. The van der Waals surface area contributed by atoms with Crippen LogP contribution in [-0.2, 0) is 22.6 Å². The molecule has 2 N–H and O–H groups in total. The highest BCUT2D eigenvalue weighted by atomic mass is 16.6. The van der Waals surface area contributed by atoms with E-state index in [0.29, 0.717) is 6.61 Å². The van der Waals surface area contributed by atoms with Crippen LogP contribution in [0.3, 0.4) is 0 Å². The molecule has 35 heavy (non-hydrogen) atoms. The third-order valence-electron chi connectivity index (χ3n) is 5.68. The lowest BCUT2D eigenvalue weighted by Crippen LogP contribution is -2.32. The largest absolute Gasteiger partial charge is 0.465 e. The number of carbonyl (C=O) groups excluding carboxylic acids is 1. The van der Waals surface area contributed by atoms with Gasteiger partial charge in [0.1, 0.15) is 6.54 Å². The number of benzene rings is 1. The molecule has 1 aromatic heterocycles. The van der Waals surface area contributed by atoms with Crippen molar-refractivity contribution in [1.82, 2.24) is 14.9 Å². The zero-order valence-electron chi connectivity index (χ0n) is 20.4. The second kappa shape index (κ2) is 12.8. The lowest BCUT2D eigenvalue weighted by atomic mass is 10.1. The van der Waals surface area contributed by atoms with Gasteiger partial charge in [0, 0.05) is 13.1 Å². The lowest BCUT2D eigenvalue weighted by Gasteiger charge is -2.24. The van der Waals surface area contributed by atoms with E-state index in [0.717, 1.165) is 43.6 Å². The maximum absolute atomic E-state index is 12.4. The van der Waals surface area contributed by atoms with E-state index >= 15 is 0 Å². The van der Waals surface area contributed by atoms with Crippen molar-refractivity contribution in [3.63, 3.8) is 0 Å². The normalized spacial score (nSPS) is 13.5. The van der Waals surface area contributed by atoms with E-state index in [1.165, 1.54) is 17.7 Å². The van der Waals surface area contributed by atoms with Crippen molar-refractivity contribution in [1.29, 1.82) is 0 Å². The Bertz CT molecular complexity index is 1010. The highest BCUT2D eigenvalue weighted by molar-refractivity contribution is 5.78. The van der Waals surface area contributed by atoms with Crippen molar-refractivity contribution in [2.75, 3.05) is 43.5 Å². The number of unbranched alkanes of at least 4 members (excludes halogenated alkanes) is 1. The van der Waals surface area contributed by atoms with Crippen LogP contribution in [0.15, 0.2) is 24.3 Å². The van der Waals surface area contributed by atoms with E-state index < -0.39 is 16.6 Å². The molecule has 1 aromatic carbocycles. The molecule has 11 nitrogen and oxygen atoms in total. The molecule has 1 fully saturated rings. The molecule has 0 saturated carbocycles. The molecule has 0 unspecified atom stereocenters. The summed E-state index contributed by atoms with van der Waals surface area (Å²) in [6.45, 7) is 7.20. The standard InChI is InChI=1S/C24H34N6O5/c1-3-5-13-35-24-26-22(25)21(30(32)33)23(27-24)29(17-20(31)34-4-2)16-19-10-8-9-18(14-19)15-28-11-6-7-12-28/h8-10,14H,3-7,11-13,15-17H2,1-2H3,(H2,25,26,27). The molecule has 0 atom stereocenters. The predicted octanol–water partition coefficient (Wildman–Crippen LogP) is 3.31. The summed E-state index contributed by atoms with van der Waals surface area (Å²) in [6, 6.07) is 7.91. The van der Waals surface area contributed by atoms with Crippen LogP contribution in [0.1, 0.15) is 50.7 Å². The number of likely N-dealkylation sites (tertiary alicyclic amines) is 1. The van der Waals surface area contributed by atoms with Crippen LogP contribution in [0.25, 0.3) is 0 Å². The number of nitrogens with two attached hydrogens (primary N) is 1. The van der Waals surface area contributed by atoms with Crippen LogP contribution in [-0.4, -0.2) is 58.6 Å². The van der Waals surface area contributed by atoms with Gasteiger partial charge in [-0.05, 0) is 50.4 Å². The van der Waals surface area contributed by atoms with Gasteiger partial charge in [-0.2, -0.15) is 9.97 Å². The van der Waals surface area contributed by atoms with Crippen molar-refractivity contribution in [3.05, 3.63) is 45.5 Å². The van der Waals surface area contributed by atoms with E-state index in [-0.39, 0.29) is 37.3 Å². The highest BCUT2D eigenvalue weighted by Crippen LogP contribution is 2.33. The van der Waals surface area contributed by atoms with E-state index in [2.05, 4.69) is 20.9 Å². The van der Waals surface area contributed by atoms with Crippen molar-refractivity contribution < 1.29 is 19.2 Å². The maximum Gasteiger partial charge on any atom is 0.353 e. The molecule has 2 aromatic rings. The highest BCUT2D eigenvalue weighted by Gasteiger charge is 2.29. The van der Waals surface area contributed by atoms with Crippen LogP contribution in [0, 0.1) is 10.1 Å². The number of esters is 1. The summed E-state index contributed by atoms with van der Waals surface area (Å²) in [6.07, 6.45) is 4.08. The van der Waals surface area contributed by atoms with Gasteiger partial charge >= 0.3 is 17.7 Å². The third-order valence-corrected chi connectivity index (χ3v) is 5.68. The molecule has 1 aliphatic rings. The predicted molar refractivity (Wildman–Crippen MR) is 132 cm³/mol. The topological polar surface area (TPSA) is 137 Å². The summed E-state index contributed by atoms with van der Waals surface area (Å²) in [5.74, 6) is -0.921. The number of hydrogen-bond donors (Lipinski definition) is 1. The first-order chi connectivity index (χ1) is 16.9. The smallest absolute Gasteiger partial charge is 0.353 e. The minimum atomic E-state index is -0.636.